The van der Waals surface area contributed by atoms with Crippen molar-refractivity contribution in [1.29, 1.82) is 0 Å². The van der Waals surface area contributed by atoms with Crippen LogP contribution in [-0.2, 0) is 14.3 Å². The SMILES string of the molecule is CCCCN1C(=O)NC(c2ccc(NC(=O)C(C)C)cc2)C(C(=O)OCC)=C1C. The highest BCUT2D eigenvalue weighted by Crippen LogP contribution is 2.32. The zero-order chi connectivity index (χ0) is 21.6. The normalized spacial score (nSPS) is 16.7. The van der Waals surface area contributed by atoms with Crippen LogP contribution < -0.4 is 10.6 Å². The Hall–Kier alpha value is -2.83. The summed E-state index contributed by atoms with van der Waals surface area (Å²) in [7, 11) is 0. The Balaban J connectivity index is 2.36. The number of benzene rings is 1. The predicted octanol–water partition coefficient (Wildman–Crippen LogP) is 3.98. The molecular formula is C22H31N3O4. The van der Waals surface area contributed by atoms with Gasteiger partial charge in [-0.25, -0.2) is 9.59 Å². The lowest BCUT2D eigenvalue weighted by molar-refractivity contribution is -0.139. The second-order valence-corrected chi connectivity index (χ2v) is 7.37. The molecule has 1 atom stereocenters. The average Bonchev–Trinajstić information content (AvgIpc) is 2.68. The van der Waals surface area contributed by atoms with Gasteiger partial charge in [-0.3, -0.25) is 9.69 Å². The molecule has 0 saturated heterocycles. The first kappa shape index (κ1) is 22.5. The molecule has 2 N–H and O–H groups in total. The summed E-state index contributed by atoms with van der Waals surface area (Å²) in [6.07, 6.45) is 1.79. The van der Waals surface area contributed by atoms with E-state index in [9.17, 15) is 14.4 Å². The smallest absolute Gasteiger partial charge is 0.338 e. The number of carbonyl (C=O) groups is 3. The van der Waals surface area contributed by atoms with Crippen LogP contribution in [0, 0.1) is 5.92 Å². The fourth-order valence-corrected chi connectivity index (χ4v) is 3.14. The number of nitrogens with zero attached hydrogens (tertiary/aromatic N) is 1. The van der Waals surface area contributed by atoms with Crippen LogP contribution in [0.25, 0.3) is 0 Å². The standard InChI is InChI=1S/C22H31N3O4/c1-6-8-13-25-15(5)18(21(27)29-7-2)19(24-22(25)28)16-9-11-17(12-10-16)23-20(26)14(3)4/h9-12,14,19H,6-8,13H2,1-5H3,(H,23,26)(H,24,28). The number of unbranched alkanes of at least 4 members (excludes halogenated alkanes) is 1. The lowest BCUT2D eigenvalue weighted by Gasteiger charge is -2.35. The maximum absolute atomic E-state index is 12.7. The van der Waals surface area contributed by atoms with E-state index in [2.05, 4.69) is 17.6 Å². The highest BCUT2D eigenvalue weighted by atomic mass is 16.5. The Morgan fingerprint density at radius 1 is 1.21 bits per heavy atom. The summed E-state index contributed by atoms with van der Waals surface area (Å²) in [5, 5.41) is 5.77. The lowest BCUT2D eigenvalue weighted by Crippen LogP contribution is -2.48. The fourth-order valence-electron chi connectivity index (χ4n) is 3.14. The van der Waals surface area contributed by atoms with Crippen LogP contribution in [0.4, 0.5) is 10.5 Å². The molecule has 0 aliphatic carbocycles. The summed E-state index contributed by atoms with van der Waals surface area (Å²) < 4.78 is 5.26. The second-order valence-electron chi connectivity index (χ2n) is 7.37. The second kappa shape index (κ2) is 10.1. The Kier molecular flexibility index (Phi) is 7.82. The van der Waals surface area contributed by atoms with E-state index < -0.39 is 12.0 Å². The molecular weight excluding hydrogens is 370 g/mol. The van der Waals surface area contributed by atoms with Gasteiger partial charge in [0, 0.05) is 23.8 Å². The first-order valence-corrected chi connectivity index (χ1v) is 10.2. The van der Waals surface area contributed by atoms with E-state index >= 15 is 0 Å². The minimum Gasteiger partial charge on any atom is -0.463 e. The molecule has 7 heteroatoms. The van der Waals surface area contributed by atoms with E-state index in [0.717, 1.165) is 18.4 Å². The van der Waals surface area contributed by atoms with Crippen molar-refractivity contribution in [3.8, 4) is 0 Å². The Bertz CT molecular complexity index is 784. The van der Waals surface area contributed by atoms with Crippen molar-refractivity contribution in [1.82, 2.24) is 10.2 Å². The van der Waals surface area contributed by atoms with Crippen LogP contribution in [-0.4, -0.2) is 36.0 Å². The first-order chi connectivity index (χ1) is 13.8. The third-order valence-corrected chi connectivity index (χ3v) is 4.86. The number of urea groups is 1. The Morgan fingerprint density at radius 3 is 2.41 bits per heavy atom. The van der Waals surface area contributed by atoms with Crippen molar-refractivity contribution in [3.63, 3.8) is 0 Å². The van der Waals surface area contributed by atoms with Crippen LogP contribution in [0.3, 0.4) is 0 Å². The van der Waals surface area contributed by atoms with Gasteiger partial charge < -0.3 is 15.4 Å². The molecule has 158 valence electrons. The van der Waals surface area contributed by atoms with Gasteiger partial charge >= 0.3 is 12.0 Å². The van der Waals surface area contributed by atoms with Gasteiger partial charge in [0.15, 0.2) is 0 Å². The van der Waals surface area contributed by atoms with Crippen LogP contribution in [0.1, 0.15) is 59.1 Å². The number of ether oxygens (including phenoxy) is 1. The molecule has 0 spiro atoms. The summed E-state index contributed by atoms with van der Waals surface area (Å²) in [5.41, 5.74) is 2.46. The monoisotopic (exact) mass is 401 g/mol. The Morgan fingerprint density at radius 2 is 1.86 bits per heavy atom. The predicted molar refractivity (Wildman–Crippen MR) is 112 cm³/mol. The third-order valence-electron chi connectivity index (χ3n) is 4.86. The molecule has 3 amide bonds. The van der Waals surface area contributed by atoms with Crippen LogP contribution in [0.5, 0.6) is 0 Å². The highest BCUT2D eigenvalue weighted by Gasteiger charge is 2.36. The maximum atomic E-state index is 12.7. The van der Waals surface area contributed by atoms with E-state index in [4.69, 9.17) is 4.74 Å². The molecule has 1 aliphatic rings. The minimum absolute atomic E-state index is 0.0711. The molecule has 1 aliphatic heterocycles. The summed E-state index contributed by atoms with van der Waals surface area (Å²) in [5.74, 6) is -0.630. The number of nitrogens with one attached hydrogen (secondary N) is 2. The molecule has 2 rings (SSSR count). The van der Waals surface area contributed by atoms with Gasteiger partial charge in [0.2, 0.25) is 5.91 Å². The third kappa shape index (κ3) is 5.37. The molecule has 0 fully saturated rings. The molecule has 0 aromatic heterocycles. The summed E-state index contributed by atoms with van der Waals surface area (Å²) in [6, 6.07) is 6.30. The first-order valence-electron chi connectivity index (χ1n) is 10.2. The van der Waals surface area contributed by atoms with Gasteiger partial charge in [-0.05, 0) is 38.0 Å². The number of anilines is 1. The van der Waals surface area contributed by atoms with Crippen LogP contribution in [0.15, 0.2) is 35.5 Å². The minimum atomic E-state index is -0.603. The highest BCUT2D eigenvalue weighted by molar-refractivity contribution is 5.95. The lowest BCUT2D eigenvalue weighted by atomic mass is 9.94. The summed E-state index contributed by atoms with van der Waals surface area (Å²) in [4.78, 5) is 38.8. The maximum Gasteiger partial charge on any atom is 0.338 e. The van der Waals surface area contributed by atoms with Gasteiger partial charge in [-0.1, -0.05) is 39.3 Å². The van der Waals surface area contributed by atoms with Crippen molar-refractivity contribution in [2.24, 2.45) is 5.92 Å². The van der Waals surface area contributed by atoms with E-state index in [0.29, 0.717) is 23.5 Å². The van der Waals surface area contributed by atoms with Gasteiger partial charge in [-0.2, -0.15) is 0 Å². The van der Waals surface area contributed by atoms with E-state index in [1.807, 2.05) is 13.8 Å². The van der Waals surface area contributed by atoms with E-state index in [1.54, 1.807) is 43.0 Å². The average molecular weight is 402 g/mol. The molecule has 29 heavy (non-hydrogen) atoms. The number of esters is 1. The van der Waals surface area contributed by atoms with Crippen molar-refractivity contribution in [2.45, 2.75) is 53.5 Å². The van der Waals surface area contributed by atoms with Crippen molar-refractivity contribution >= 4 is 23.6 Å². The van der Waals surface area contributed by atoms with Crippen molar-refractivity contribution in [2.75, 3.05) is 18.5 Å². The number of hydrogen-bond acceptors (Lipinski definition) is 4. The largest absolute Gasteiger partial charge is 0.463 e. The summed E-state index contributed by atoms with van der Waals surface area (Å²) in [6.45, 7) is 10.0. The fraction of sp³-hybridized carbons (Fsp3) is 0.500. The van der Waals surface area contributed by atoms with Crippen LogP contribution >= 0.6 is 0 Å². The zero-order valence-corrected chi connectivity index (χ0v) is 17.9. The summed E-state index contributed by atoms with van der Waals surface area (Å²) >= 11 is 0. The number of rotatable bonds is 8. The molecule has 0 bridgehead atoms. The molecule has 7 nitrogen and oxygen atoms in total. The van der Waals surface area contributed by atoms with Gasteiger partial charge in [-0.15, -0.1) is 0 Å². The molecule has 1 aromatic rings. The van der Waals surface area contributed by atoms with Gasteiger partial charge in [0.25, 0.3) is 0 Å². The Labute approximate surface area is 172 Å². The van der Waals surface area contributed by atoms with Crippen LogP contribution in [0.2, 0.25) is 0 Å². The van der Waals surface area contributed by atoms with Gasteiger partial charge in [0.1, 0.15) is 0 Å². The van der Waals surface area contributed by atoms with Crippen molar-refractivity contribution in [3.05, 3.63) is 41.1 Å². The molecule has 1 unspecified atom stereocenters. The quantitative estimate of drug-likeness (QED) is 0.645. The number of hydrogen-bond donors (Lipinski definition) is 2. The van der Waals surface area contributed by atoms with Crippen molar-refractivity contribution < 1.29 is 19.1 Å². The molecule has 1 heterocycles. The number of carbonyl (C=O) groups excluding carboxylic acids is 3. The van der Waals surface area contributed by atoms with Gasteiger partial charge in [0.05, 0.1) is 18.2 Å². The number of amides is 3. The van der Waals surface area contributed by atoms with E-state index in [1.165, 1.54) is 0 Å². The molecule has 0 radical (unpaired) electrons. The zero-order valence-electron chi connectivity index (χ0n) is 17.9. The molecule has 1 aromatic carbocycles. The number of allylic oxidation sites excluding steroid dienone is 1. The van der Waals surface area contributed by atoms with E-state index in [-0.39, 0.29) is 24.5 Å². The molecule has 0 saturated carbocycles. The topological polar surface area (TPSA) is 87.7 Å².